The van der Waals surface area contributed by atoms with Gasteiger partial charge in [-0.05, 0) is 26.3 Å². The van der Waals surface area contributed by atoms with Gasteiger partial charge < -0.3 is 5.32 Å². The topological polar surface area (TPSA) is 41.1 Å². The molecule has 17 heavy (non-hydrogen) atoms. The van der Waals surface area contributed by atoms with Crippen molar-refractivity contribution >= 4 is 16.5 Å². The van der Waals surface area contributed by atoms with Gasteiger partial charge in [-0.1, -0.05) is 31.6 Å². The number of hydrogen-bond acceptors (Lipinski definition) is 5. The highest BCUT2D eigenvalue weighted by molar-refractivity contribution is 7.15. The second-order valence-corrected chi connectivity index (χ2v) is 5.39. The molecule has 1 aromatic rings. The lowest BCUT2D eigenvalue weighted by atomic mass is 10.2. The Bertz CT molecular complexity index is 313. The van der Waals surface area contributed by atoms with Crippen molar-refractivity contribution in [1.82, 2.24) is 15.1 Å². The molecule has 98 valence electrons. The largest absolute Gasteiger partial charge is 0.363 e. The molecule has 0 saturated heterocycles. The van der Waals surface area contributed by atoms with E-state index in [-0.39, 0.29) is 0 Å². The smallest absolute Gasteiger partial charge is 0.205 e. The van der Waals surface area contributed by atoms with E-state index in [1.54, 1.807) is 11.3 Å². The third-order valence-corrected chi connectivity index (χ3v) is 3.96. The SMILES string of the molecule is CCCCN(Cc1nnc(NC)s1)C(C)CC. The maximum absolute atomic E-state index is 4.22. The minimum atomic E-state index is 0.614. The monoisotopic (exact) mass is 256 g/mol. The normalized spacial score (nSPS) is 13.0. The Hall–Kier alpha value is -0.680. The molecule has 0 saturated carbocycles. The van der Waals surface area contributed by atoms with Gasteiger partial charge in [-0.25, -0.2) is 0 Å². The first kappa shape index (κ1) is 14.4. The van der Waals surface area contributed by atoms with E-state index in [1.807, 2.05) is 7.05 Å². The van der Waals surface area contributed by atoms with Crippen LogP contribution in [-0.4, -0.2) is 34.7 Å². The second kappa shape index (κ2) is 7.61. The molecule has 1 heterocycles. The van der Waals surface area contributed by atoms with Gasteiger partial charge in [0.25, 0.3) is 0 Å². The van der Waals surface area contributed by atoms with Crippen LogP contribution in [0.15, 0.2) is 0 Å². The van der Waals surface area contributed by atoms with Crippen molar-refractivity contribution in [3.63, 3.8) is 0 Å². The first-order valence-corrected chi connectivity index (χ1v) is 7.27. The van der Waals surface area contributed by atoms with Crippen LogP contribution < -0.4 is 5.32 Å². The van der Waals surface area contributed by atoms with Crippen molar-refractivity contribution in [3.05, 3.63) is 5.01 Å². The molecule has 1 atom stereocenters. The van der Waals surface area contributed by atoms with E-state index in [0.29, 0.717) is 6.04 Å². The molecule has 1 aromatic heterocycles. The van der Waals surface area contributed by atoms with Crippen molar-refractivity contribution in [2.45, 2.75) is 52.6 Å². The molecule has 0 aliphatic rings. The fourth-order valence-corrected chi connectivity index (χ4v) is 2.39. The molecule has 0 fully saturated rings. The fourth-order valence-electron chi connectivity index (χ4n) is 1.67. The molecule has 0 amide bonds. The second-order valence-electron chi connectivity index (χ2n) is 4.33. The molecule has 1 unspecified atom stereocenters. The van der Waals surface area contributed by atoms with Gasteiger partial charge in [0, 0.05) is 13.1 Å². The van der Waals surface area contributed by atoms with E-state index in [4.69, 9.17) is 0 Å². The molecule has 5 heteroatoms. The van der Waals surface area contributed by atoms with E-state index >= 15 is 0 Å². The highest BCUT2D eigenvalue weighted by Gasteiger charge is 2.14. The third-order valence-electron chi connectivity index (χ3n) is 3.03. The van der Waals surface area contributed by atoms with Gasteiger partial charge in [-0.15, -0.1) is 10.2 Å². The van der Waals surface area contributed by atoms with Crippen LogP contribution in [-0.2, 0) is 6.54 Å². The van der Waals surface area contributed by atoms with Crippen LogP contribution in [0.5, 0.6) is 0 Å². The maximum Gasteiger partial charge on any atom is 0.205 e. The van der Waals surface area contributed by atoms with Crippen LogP contribution >= 0.6 is 11.3 Å². The van der Waals surface area contributed by atoms with E-state index in [0.717, 1.165) is 23.2 Å². The summed E-state index contributed by atoms with van der Waals surface area (Å²) in [7, 11) is 1.88. The number of hydrogen-bond donors (Lipinski definition) is 1. The molecule has 1 N–H and O–H groups in total. The van der Waals surface area contributed by atoms with Gasteiger partial charge in [0.05, 0.1) is 6.54 Å². The third kappa shape index (κ3) is 4.60. The minimum absolute atomic E-state index is 0.614. The Balaban J connectivity index is 2.57. The standard InChI is InChI=1S/C12H24N4S/c1-5-7-8-16(10(3)6-2)9-11-14-15-12(13-4)17-11/h10H,5-9H2,1-4H3,(H,13,15). The predicted molar refractivity (Wildman–Crippen MR) is 74.5 cm³/mol. The zero-order valence-electron chi connectivity index (χ0n) is 11.4. The highest BCUT2D eigenvalue weighted by atomic mass is 32.1. The number of nitrogens with one attached hydrogen (secondary N) is 1. The zero-order valence-corrected chi connectivity index (χ0v) is 12.2. The summed E-state index contributed by atoms with van der Waals surface area (Å²) >= 11 is 1.65. The van der Waals surface area contributed by atoms with Gasteiger partial charge in [-0.2, -0.15) is 0 Å². The van der Waals surface area contributed by atoms with E-state index in [1.165, 1.54) is 19.3 Å². The predicted octanol–water partition coefficient (Wildman–Crippen LogP) is 2.98. The fraction of sp³-hybridized carbons (Fsp3) is 0.833. The number of anilines is 1. The Kier molecular flexibility index (Phi) is 6.44. The molecule has 0 aromatic carbocycles. The molecule has 4 nitrogen and oxygen atoms in total. The number of rotatable bonds is 8. The summed E-state index contributed by atoms with van der Waals surface area (Å²) in [5.74, 6) is 0. The van der Waals surface area contributed by atoms with Crippen LogP contribution in [0.2, 0.25) is 0 Å². The quantitative estimate of drug-likeness (QED) is 0.776. The van der Waals surface area contributed by atoms with Crippen LogP contribution in [0.4, 0.5) is 5.13 Å². The lowest BCUT2D eigenvalue weighted by Crippen LogP contribution is -2.33. The first-order chi connectivity index (χ1) is 8.21. The molecule has 0 aliphatic heterocycles. The van der Waals surface area contributed by atoms with Crippen LogP contribution in [0.3, 0.4) is 0 Å². The summed E-state index contributed by atoms with van der Waals surface area (Å²) in [6, 6.07) is 0.614. The average molecular weight is 256 g/mol. The Morgan fingerprint density at radius 3 is 2.65 bits per heavy atom. The summed E-state index contributed by atoms with van der Waals surface area (Å²) in [5.41, 5.74) is 0. The van der Waals surface area contributed by atoms with Gasteiger partial charge in [0.15, 0.2) is 0 Å². The minimum Gasteiger partial charge on any atom is -0.363 e. The molecule has 0 bridgehead atoms. The van der Waals surface area contributed by atoms with Gasteiger partial charge in [-0.3, -0.25) is 4.90 Å². The van der Waals surface area contributed by atoms with Crippen LogP contribution in [0.1, 0.15) is 45.0 Å². The van der Waals surface area contributed by atoms with Gasteiger partial charge in [0.2, 0.25) is 5.13 Å². The summed E-state index contributed by atoms with van der Waals surface area (Å²) in [6.45, 7) is 8.84. The van der Waals surface area contributed by atoms with E-state index < -0.39 is 0 Å². The summed E-state index contributed by atoms with van der Waals surface area (Å²) in [4.78, 5) is 2.50. The molecular formula is C12H24N4S. The Labute approximate surface area is 108 Å². The highest BCUT2D eigenvalue weighted by Crippen LogP contribution is 2.18. The molecule has 0 radical (unpaired) electrons. The van der Waals surface area contributed by atoms with Gasteiger partial charge >= 0.3 is 0 Å². The van der Waals surface area contributed by atoms with Crippen molar-refractivity contribution in [2.24, 2.45) is 0 Å². The summed E-state index contributed by atoms with van der Waals surface area (Å²) < 4.78 is 0. The number of aromatic nitrogens is 2. The van der Waals surface area contributed by atoms with Gasteiger partial charge in [0.1, 0.15) is 5.01 Å². The summed E-state index contributed by atoms with van der Waals surface area (Å²) in [5, 5.41) is 13.3. The maximum atomic E-state index is 4.22. The average Bonchev–Trinajstić information content (AvgIpc) is 2.81. The number of nitrogens with zero attached hydrogens (tertiary/aromatic N) is 3. The number of unbranched alkanes of at least 4 members (excludes halogenated alkanes) is 1. The molecule has 1 rings (SSSR count). The van der Waals surface area contributed by atoms with Crippen molar-refractivity contribution in [2.75, 3.05) is 18.9 Å². The molecule has 0 aliphatic carbocycles. The van der Waals surface area contributed by atoms with Crippen LogP contribution in [0.25, 0.3) is 0 Å². The van der Waals surface area contributed by atoms with E-state index in [9.17, 15) is 0 Å². The van der Waals surface area contributed by atoms with Crippen molar-refractivity contribution in [1.29, 1.82) is 0 Å². The first-order valence-electron chi connectivity index (χ1n) is 6.45. The Morgan fingerprint density at radius 1 is 1.35 bits per heavy atom. The zero-order chi connectivity index (χ0) is 12.7. The van der Waals surface area contributed by atoms with Crippen molar-refractivity contribution < 1.29 is 0 Å². The molecular weight excluding hydrogens is 232 g/mol. The lowest BCUT2D eigenvalue weighted by molar-refractivity contribution is 0.191. The Morgan fingerprint density at radius 2 is 2.12 bits per heavy atom. The lowest BCUT2D eigenvalue weighted by Gasteiger charge is -2.27. The molecule has 0 spiro atoms. The van der Waals surface area contributed by atoms with Crippen molar-refractivity contribution in [3.8, 4) is 0 Å². The van der Waals surface area contributed by atoms with Crippen LogP contribution in [0, 0.1) is 0 Å². The van der Waals surface area contributed by atoms with E-state index in [2.05, 4.69) is 41.2 Å². The summed E-state index contributed by atoms with van der Waals surface area (Å²) in [6.07, 6.45) is 3.67.